The molecule has 7 heteroatoms. The molecule has 7 nitrogen and oxygen atoms in total. The Labute approximate surface area is 105 Å². The van der Waals surface area contributed by atoms with E-state index in [0.29, 0.717) is 6.54 Å². The maximum atomic E-state index is 11.5. The van der Waals surface area contributed by atoms with E-state index in [0.717, 1.165) is 13.0 Å². The molecule has 1 unspecified atom stereocenters. The van der Waals surface area contributed by atoms with Crippen LogP contribution in [-0.4, -0.2) is 39.1 Å². The molecular formula is C11H18N4O3. The number of rotatable bonds is 8. The molecule has 1 aromatic rings. The highest BCUT2D eigenvalue weighted by Crippen LogP contribution is 1.95. The number of nitrogens with zero attached hydrogens (tertiary/aromatic N) is 2. The number of carboxylic acids is 1. The lowest BCUT2D eigenvalue weighted by Crippen LogP contribution is -2.41. The topological polar surface area (TPSA) is 110 Å². The molecule has 0 bridgehead atoms. The van der Waals surface area contributed by atoms with Crippen LogP contribution in [0.2, 0.25) is 0 Å². The standard InChI is InChI=1S/C11H18N4O3/c12-9(2-3-10(16)17)11(18)14-4-1-6-15-7-5-13-8-15/h5,7-9H,1-4,6,12H2,(H,14,18)(H,16,17). The highest BCUT2D eigenvalue weighted by molar-refractivity contribution is 5.82. The van der Waals surface area contributed by atoms with Crippen molar-refractivity contribution in [2.24, 2.45) is 5.73 Å². The first-order valence-electron chi connectivity index (χ1n) is 5.80. The number of imidazole rings is 1. The number of nitrogens with one attached hydrogen (secondary N) is 1. The number of amides is 1. The lowest BCUT2D eigenvalue weighted by Gasteiger charge is -2.11. The van der Waals surface area contributed by atoms with Gasteiger partial charge in [0.05, 0.1) is 12.4 Å². The number of aryl methyl sites for hydroxylation is 1. The molecule has 0 aliphatic rings. The Morgan fingerprint density at radius 1 is 1.50 bits per heavy atom. The van der Waals surface area contributed by atoms with Gasteiger partial charge in [-0.25, -0.2) is 4.98 Å². The normalized spacial score (nSPS) is 12.1. The maximum Gasteiger partial charge on any atom is 0.303 e. The van der Waals surface area contributed by atoms with Gasteiger partial charge in [0.2, 0.25) is 5.91 Å². The number of hydrogen-bond acceptors (Lipinski definition) is 4. The summed E-state index contributed by atoms with van der Waals surface area (Å²) in [7, 11) is 0. The molecule has 0 spiro atoms. The molecule has 1 amide bonds. The van der Waals surface area contributed by atoms with Gasteiger partial charge in [0, 0.05) is 31.9 Å². The summed E-state index contributed by atoms with van der Waals surface area (Å²) in [5.74, 6) is -1.25. The summed E-state index contributed by atoms with van der Waals surface area (Å²) >= 11 is 0. The van der Waals surface area contributed by atoms with Crippen LogP contribution in [0, 0.1) is 0 Å². The monoisotopic (exact) mass is 254 g/mol. The molecule has 0 saturated heterocycles. The molecule has 0 aliphatic heterocycles. The van der Waals surface area contributed by atoms with Gasteiger partial charge in [-0.1, -0.05) is 0 Å². The quantitative estimate of drug-likeness (QED) is 0.546. The van der Waals surface area contributed by atoms with Gasteiger partial charge in [-0.2, -0.15) is 0 Å². The Morgan fingerprint density at radius 3 is 2.89 bits per heavy atom. The van der Waals surface area contributed by atoms with E-state index >= 15 is 0 Å². The largest absolute Gasteiger partial charge is 0.481 e. The van der Waals surface area contributed by atoms with Gasteiger partial charge in [0.25, 0.3) is 0 Å². The van der Waals surface area contributed by atoms with Crippen LogP contribution in [0.15, 0.2) is 18.7 Å². The van der Waals surface area contributed by atoms with Crippen molar-refractivity contribution < 1.29 is 14.7 Å². The second kappa shape index (κ2) is 7.44. The third kappa shape index (κ3) is 5.44. The van der Waals surface area contributed by atoms with Gasteiger partial charge in [0.15, 0.2) is 0 Å². The number of nitrogens with two attached hydrogens (primary N) is 1. The van der Waals surface area contributed by atoms with Crippen molar-refractivity contribution >= 4 is 11.9 Å². The van der Waals surface area contributed by atoms with Gasteiger partial charge in [-0.3, -0.25) is 9.59 Å². The summed E-state index contributed by atoms with van der Waals surface area (Å²) in [6, 6.07) is -0.755. The van der Waals surface area contributed by atoms with Crippen LogP contribution < -0.4 is 11.1 Å². The van der Waals surface area contributed by atoms with Crippen LogP contribution in [0.25, 0.3) is 0 Å². The van der Waals surface area contributed by atoms with Crippen LogP contribution in [-0.2, 0) is 16.1 Å². The Hall–Kier alpha value is -1.89. The fourth-order valence-corrected chi connectivity index (χ4v) is 1.43. The first-order chi connectivity index (χ1) is 8.59. The fraction of sp³-hybridized carbons (Fsp3) is 0.545. The van der Waals surface area contributed by atoms with E-state index in [-0.39, 0.29) is 18.7 Å². The van der Waals surface area contributed by atoms with Crippen molar-refractivity contribution in [1.29, 1.82) is 0 Å². The lowest BCUT2D eigenvalue weighted by molar-refractivity contribution is -0.137. The Morgan fingerprint density at radius 2 is 2.28 bits per heavy atom. The molecule has 18 heavy (non-hydrogen) atoms. The zero-order valence-electron chi connectivity index (χ0n) is 10.1. The van der Waals surface area contributed by atoms with Crippen molar-refractivity contribution in [1.82, 2.24) is 14.9 Å². The summed E-state index contributed by atoms with van der Waals surface area (Å²) in [6.45, 7) is 1.28. The predicted octanol–water partition coefficient (Wildman–Crippen LogP) is -0.418. The van der Waals surface area contributed by atoms with Gasteiger partial charge < -0.3 is 20.7 Å². The van der Waals surface area contributed by atoms with E-state index in [4.69, 9.17) is 10.8 Å². The SMILES string of the molecule is NC(CCC(=O)O)C(=O)NCCCn1ccnc1. The van der Waals surface area contributed by atoms with Crippen molar-refractivity contribution in [2.75, 3.05) is 6.54 Å². The number of aliphatic carboxylic acids is 1. The molecule has 1 aromatic heterocycles. The number of aromatic nitrogens is 2. The zero-order chi connectivity index (χ0) is 13.4. The first kappa shape index (κ1) is 14.2. The van der Waals surface area contributed by atoms with E-state index in [1.165, 1.54) is 0 Å². The van der Waals surface area contributed by atoms with Gasteiger partial charge in [0.1, 0.15) is 0 Å². The van der Waals surface area contributed by atoms with Crippen LogP contribution in [0.5, 0.6) is 0 Å². The zero-order valence-corrected chi connectivity index (χ0v) is 10.1. The number of hydrogen-bond donors (Lipinski definition) is 3. The maximum absolute atomic E-state index is 11.5. The predicted molar refractivity (Wildman–Crippen MR) is 64.7 cm³/mol. The molecular weight excluding hydrogens is 236 g/mol. The summed E-state index contributed by atoms with van der Waals surface area (Å²) in [5, 5.41) is 11.1. The third-order valence-corrected chi connectivity index (χ3v) is 2.46. The highest BCUT2D eigenvalue weighted by atomic mass is 16.4. The van der Waals surface area contributed by atoms with Gasteiger partial charge in [-0.05, 0) is 12.8 Å². The molecule has 0 aliphatic carbocycles. The Balaban J connectivity index is 2.10. The van der Waals surface area contributed by atoms with Crippen molar-refractivity contribution in [3.63, 3.8) is 0 Å². The number of carbonyl (C=O) groups excluding carboxylic acids is 1. The van der Waals surface area contributed by atoms with Gasteiger partial charge in [-0.15, -0.1) is 0 Å². The summed E-state index contributed by atoms with van der Waals surface area (Å²) in [4.78, 5) is 25.7. The van der Waals surface area contributed by atoms with Crippen LogP contribution >= 0.6 is 0 Å². The average Bonchev–Trinajstić information content (AvgIpc) is 2.84. The molecule has 0 radical (unpaired) electrons. The summed E-state index contributed by atoms with van der Waals surface area (Å²) < 4.78 is 1.91. The average molecular weight is 254 g/mol. The minimum atomic E-state index is -0.946. The molecule has 100 valence electrons. The van der Waals surface area contributed by atoms with E-state index in [1.54, 1.807) is 12.5 Å². The number of carbonyl (C=O) groups is 2. The van der Waals surface area contributed by atoms with Crippen molar-refractivity contribution in [2.45, 2.75) is 31.8 Å². The van der Waals surface area contributed by atoms with Crippen molar-refractivity contribution in [3.8, 4) is 0 Å². The van der Waals surface area contributed by atoms with Crippen molar-refractivity contribution in [3.05, 3.63) is 18.7 Å². The van der Waals surface area contributed by atoms with E-state index in [1.807, 2.05) is 10.8 Å². The molecule has 4 N–H and O–H groups in total. The second-order valence-corrected chi connectivity index (χ2v) is 3.98. The van der Waals surface area contributed by atoms with Crippen LogP contribution in [0.3, 0.4) is 0 Å². The molecule has 0 fully saturated rings. The first-order valence-corrected chi connectivity index (χ1v) is 5.80. The van der Waals surface area contributed by atoms with E-state index in [2.05, 4.69) is 10.3 Å². The summed E-state index contributed by atoms with van der Waals surface area (Å²) in [6.07, 6.45) is 6.08. The summed E-state index contributed by atoms with van der Waals surface area (Å²) in [5.41, 5.74) is 5.55. The second-order valence-electron chi connectivity index (χ2n) is 3.98. The molecule has 1 heterocycles. The van der Waals surface area contributed by atoms with Crippen LogP contribution in [0.1, 0.15) is 19.3 Å². The third-order valence-electron chi connectivity index (χ3n) is 2.46. The molecule has 1 rings (SSSR count). The van der Waals surface area contributed by atoms with Crippen LogP contribution in [0.4, 0.5) is 0 Å². The van der Waals surface area contributed by atoms with E-state index < -0.39 is 12.0 Å². The molecule has 0 aromatic carbocycles. The molecule has 0 saturated carbocycles. The minimum absolute atomic E-state index is 0.0936. The fourth-order valence-electron chi connectivity index (χ4n) is 1.43. The lowest BCUT2D eigenvalue weighted by atomic mass is 10.1. The Bertz CT molecular complexity index is 378. The number of carboxylic acid groups (broad SMARTS) is 1. The van der Waals surface area contributed by atoms with Gasteiger partial charge >= 0.3 is 5.97 Å². The molecule has 1 atom stereocenters. The minimum Gasteiger partial charge on any atom is -0.481 e. The highest BCUT2D eigenvalue weighted by Gasteiger charge is 2.13. The van der Waals surface area contributed by atoms with E-state index in [9.17, 15) is 9.59 Å². The Kier molecular flexibility index (Phi) is 5.86. The smallest absolute Gasteiger partial charge is 0.303 e.